The van der Waals surface area contributed by atoms with Crippen LogP contribution in [0.25, 0.3) is 0 Å². The van der Waals surface area contributed by atoms with E-state index in [-0.39, 0.29) is 11.7 Å². The number of hydrogen-bond acceptors (Lipinski definition) is 3. The Labute approximate surface area is 107 Å². The van der Waals surface area contributed by atoms with E-state index in [1.54, 1.807) is 0 Å². The van der Waals surface area contributed by atoms with Crippen LogP contribution in [-0.2, 0) is 0 Å². The highest BCUT2D eigenvalue weighted by Crippen LogP contribution is 2.17. The molecule has 0 aromatic heterocycles. The molecule has 0 atom stereocenters. The van der Waals surface area contributed by atoms with Crippen molar-refractivity contribution in [3.8, 4) is 0 Å². The summed E-state index contributed by atoms with van der Waals surface area (Å²) in [4.78, 5) is 11.8. The Hall–Kier alpha value is -0.980. The van der Waals surface area contributed by atoms with Gasteiger partial charge in [0.25, 0.3) is 5.91 Å². The SMILES string of the molecule is O=C(NCC1CNNC1)c1ccc(F)cc1Br. The van der Waals surface area contributed by atoms with Crippen LogP contribution in [0.1, 0.15) is 10.4 Å². The average molecular weight is 302 g/mol. The Kier molecular flexibility index (Phi) is 4.09. The summed E-state index contributed by atoms with van der Waals surface area (Å²) in [7, 11) is 0. The van der Waals surface area contributed by atoms with Crippen LogP contribution in [0, 0.1) is 11.7 Å². The van der Waals surface area contributed by atoms with E-state index in [0.29, 0.717) is 22.5 Å². The molecular weight excluding hydrogens is 289 g/mol. The highest BCUT2D eigenvalue weighted by atomic mass is 79.9. The third-order valence-corrected chi connectivity index (χ3v) is 3.29. The second-order valence-electron chi connectivity index (χ2n) is 3.96. The highest BCUT2D eigenvalue weighted by Gasteiger charge is 2.16. The minimum absolute atomic E-state index is 0.191. The quantitative estimate of drug-likeness (QED) is 0.782. The molecule has 1 amide bonds. The van der Waals surface area contributed by atoms with E-state index in [1.165, 1.54) is 18.2 Å². The number of carbonyl (C=O) groups is 1. The summed E-state index contributed by atoms with van der Waals surface area (Å²) in [5.41, 5.74) is 6.44. The first-order valence-corrected chi connectivity index (χ1v) is 6.15. The minimum atomic E-state index is -0.363. The van der Waals surface area contributed by atoms with Gasteiger partial charge in [-0.05, 0) is 34.1 Å². The maximum Gasteiger partial charge on any atom is 0.252 e. The van der Waals surface area contributed by atoms with Crippen molar-refractivity contribution < 1.29 is 9.18 Å². The maximum absolute atomic E-state index is 12.9. The van der Waals surface area contributed by atoms with Gasteiger partial charge in [0.1, 0.15) is 5.82 Å². The fourth-order valence-electron chi connectivity index (χ4n) is 1.66. The molecule has 92 valence electrons. The van der Waals surface area contributed by atoms with Crippen molar-refractivity contribution in [2.45, 2.75) is 0 Å². The smallest absolute Gasteiger partial charge is 0.252 e. The number of rotatable bonds is 3. The van der Waals surface area contributed by atoms with Crippen LogP contribution in [-0.4, -0.2) is 25.5 Å². The third-order valence-electron chi connectivity index (χ3n) is 2.63. The molecule has 0 unspecified atom stereocenters. The number of hydrazine groups is 1. The molecule has 1 aliphatic rings. The first-order valence-electron chi connectivity index (χ1n) is 5.36. The van der Waals surface area contributed by atoms with Gasteiger partial charge < -0.3 is 5.32 Å². The summed E-state index contributed by atoms with van der Waals surface area (Å²) in [5, 5.41) is 2.83. The number of halogens is 2. The standard InChI is InChI=1S/C11H13BrFN3O/c12-10-3-8(13)1-2-9(10)11(17)14-4-7-5-15-16-6-7/h1-3,7,15-16H,4-6H2,(H,14,17). The fraction of sp³-hybridized carbons (Fsp3) is 0.364. The Bertz CT molecular complexity index is 421. The summed E-state index contributed by atoms with van der Waals surface area (Å²) in [6, 6.07) is 4.03. The zero-order valence-corrected chi connectivity index (χ0v) is 10.7. The van der Waals surface area contributed by atoms with E-state index >= 15 is 0 Å². The molecule has 0 aliphatic carbocycles. The molecule has 1 saturated heterocycles. The van der Waals surface area contributed by atoms with Gasteiger partial charge in [0.15, 0.2) is 0 Å². The molecule has 1 aromatic rings. The third kappa shape index (κ3) is 3.24. The number of carbonyl (C=O) groups excluding carboxylic acids is 1. The van der Waals surface area contributed by atoms with Gasteiger partial charge in [-0.3, -0.25) is 15.6 Å². The van der Waals surface area contributed by atoms with Crippen LogP contribution < -0.4 is 16.2 Å². The van der Waals surface area contributed by atoms with Crippen molar-refractivity contribution in [3.63, 3.8) is 0 Å². The van der Waals surface area contributed by atoms with Gasteiger partial charge in [0.2, 0.25) is 0 Å². The average Bonchev–Trinajstić information content (AvgIpc) is 2.78. The molecule has 1 heterocycles. The second kappa shape index (κ2) is 5.57. The van der Waals surface area contributed by atoms with Crippen LogP contribution in [0.5, 0.6) is 0 Å². The molecule has 17 heavy (non-hydrogen) atoms. The number of nitrogens with one attached hydrogen (secondary N) is 3. The summed E-state index contributed by atoms with van der Waals surface area (Å²) in [6.45, 7) is 2.28. The number of hydrogen-bond donors (Lipinski definition) is 3. The fourth-order valence-corrected chi connectivity index (χ4v) is 2.19. The molecule has 1 aromatic carbocycles. The van der Waals surface area contributed by atoms with E-state index in [9.17, 15) is 9.18 Å². The van der Waals surface area contributed by atoms with Crippen LogP contribution in [0.2, 0.25) is 0 Å². The molecule has 6 heteroatoms. The molecule has 3 N–H and O–H groups in total. The van der Waals surface area contributed by atoms with Crippen molar-refractivity contribution in [1.29, 1.82) is 0 Å². The Balaban J connectivity index is 1.94. The Morgan fingerprint density at radius 2 is 2.18 bits per heavy atom. The van der Waals surface area contributed by atoms with Gasteiger partial charge in [-0.15, -0.1) is 0 Å². The van der Waals surface area contributed by atoms with Gasteiger partial charge in [0, 0.05) is 30.0 Å². The van der Waals surface area contributed by atoms with Gasteiger partial charge >= 0.3 is 0 Å². The van der Waals surface area contributed by atoms with E-state index in [2.05, 4.69) is 32.1 Å². The first kappa shape index (κ1) is 12.5. The minimum Gasteiger partial charge on any atom is -0.352 e. The van der Waals surface area contributed by atoms with Crippen LogP contribution in [0.4, 0.5) is 4.39 Å². The normalized spacial score (nSPS) is 16.1. The predicted octanol–water partition coefficient (Wildman–Crippen LogP) is 1.04. The van der Waals surface area contributed by atoms with Crippen molar-refractivity contribution in [1.82, 2.24) is 16.2 Å². The highest BCUT2D eigenvalue weighted by molar-refractivity contribution is 9.10. The summed E-state index contributed by atoms with van der Waals surface area (Å²) in [6.07, 6.45) is 0. The molecule has 2 rings (SSSR count). The second-order valence-corrected chi connectivity index (χ2v) is 4.82. The number of amides is 1. The van der Waals surface area contributed by atoms with Gasteiger partial charge in [-0.2, -0.15) is 0 Å². The van der Waals surface area contributed by atoms with Crippen LogP contribution >= 0.6 is 15.9 Å². The lowest BCUT2D eigenvalue weighted by molar-refractivity contribution is 0.0948. The summed E-state index contributed by atoms with van der Waals surface area (Å²) < 4.78 is 13.3. The monoisotopic (exact) mass is 301 g/mol. The Morgan fingerprint density at radius 1 is 1.47 bits per heavy atom. The zero-order valence-electron chi connectivity index (χ0n) is 9.09. The predicted molar refractivity (Wildman–Crippen MR) is 65.9 cm³/mol. The first-order chi connectivity index (χ1) is 8.16. The number of benzene rings is 1. The lowest BCUT2D eigenvalue weighted by atomic mass is 10.1. The van der Waals surface area contributed by atoms with E-state index < -0.39 is 0 Å². The van der Waals surface area contributed by atoms with Crippen LogP contribution in [0.15, 0.2) is 22.7 Å². The molecular formula is C11H13BrFN3O. The van der Waals surface area contributed by atoms with Crippen molar-refractivity contribution in [3.05, 3.63) is 34.1 Å². The van der Waals surface area contributed by atoms with Gasteiger partial charge in [-0.1, -0.05) is 0 Å². The summed E-state index contributed by atoms with van der Waals surface area (Å²) >= 11 is 3.18. The molecule has 1 fully saturated rings. The van der Waals surface area contributed by atoms with Crippen LogP contribution in [0.3, 0.4) is 0 Å². The van der Waals surface area contributed by atoms with E-state index in [1.807, 2.05) is 0 Å². The van der Waals surface area contributed by atoms with E-state index in [4.69, 9.17) is 0 Å². The van der Waals surface area contributed by atoms with Gasteiger partial charge in [-0.25, -0.2) is 4.39 Å². The van der Waals surface area contributed by atoms with Crippen molar-refractivity contribution >= 4 is 21.8 Å². The molecule has 0 bridgehead atoms. The molecule has 1 aliphatic heterocycles. The van der Waals surface area contributed by atoms with Crippen molar-refractivity contribution in [2.75, 3.05) is 19.6 Å². The molecule has 4 nitrogen and oxygen atoms in total. The van der Waals surface area contributed by atoms with Gasteiger partial charge in [0.05, 0.1) is 5.56 Å². The molecule has 0 saturated carbocycles. The molecule has 0 spiro atoms. The maximum atomic E-state index is 12.9. The topological polar surface area (TPSA) is 53.2 Å². The largest absolute Gasteiger partial charge is 0.352 e. The summed E-state index contributed by atoms with van der Waals surface area (Å²) in [5.74, 6) is -0.167. The molecule has 0 radical (unpaired) electrons. The van der Waals surface area contributed by atoms with E-state index in [0.717, 1.165) is 13.1 Å². The van der Waals surface area contributed by atoms with Crippen molar-refractivity contribution in [2.24, 2.45) is 5.92 Å². The zero-order chi connectivity index (χ0) is 12.3. The lowest BCUT2D eigenvalue weighted by Crippen LogP contribution is -2.31. The Morgan fingerprint density at radius 3 is 2.82 bits per heavy atom. The lowest BCUT2D eigenvalue weighted by Gasteiger charge is -2.10.